The second-order valence-corrected chi connectivity index (χ2v) is 9.75. The molecule has 1 aliphatic heterocycles. The summed E-state index contributed by atoms with van der Waals surface area (Å²) < 4.78 is 27.3. The van der Waals surface area contributed by atoms with E-state index in [-0.39, 0.29) is 23.3 Å². The van der Waals surface area contributed by atoms with Crippen LogP contribution in [0.15, 0.2) is 48.8 Å². The number of pyridine rings is 1. The molecular weight excluding hydrogens is 484 g/mol. The van der Waals surface area contributed by atoms with E-state index < -0.39 is 16.0 Å². The zero-order valence-corrected chi connectivity index (χ0v) is 20.2. The predicted molar refractivity (Wildman–Crippen MR) is 134 cm³/mol. The highest BCUT2D eigenvalue weighted by Crippen LogP contribution is 2.24. The highest BCUT2D eigenvalue weighted by molar-refractivity contribution is 7.86. The molecule has 12 nitrogen and oxygen atoms in total. The van der Waals surface area contributed by atoms with Gasteiger partial charge >= 0.3 is 10.1 Å². The van der Waals surface area contributed by atoms with Gasteiger partial charge in [0.25, 0.3) is 5.91 Å². The molecule has 3 heterocycles. The summed E-state index contributed by atoms with van der Waals surface area (Å²) in [4.78, 5) is 27.1. The first-order chi connectivity index (χ1) is 17.2. The van der Waals surface area contributed by atoms with Gasteiger partial charge in [-0.15, -0.1) is 0 Å². The summed E-state index contributed by atoms with van der Waals surface area (Å²) in [5.41, 5.74) is 6.81. The third-order valence-corrected chi connectivity index (χ3v) is 5.94. The Labute approximate surface area is 208 Å². The van der Waals surface area contributed by atoms with Gasteiger partial charge in [-0.3, -0.25) is 4.79 Å². The van der Waals surface area contributed by atoms with Gasteiger partial charge in [-0.05, 0) is 49.2 Å². The van der Waals surface area contributed by atoms with Crippen LogP contribution in [-0.2, 0) is 10.1 Å². The van der Waals surface area contributed by atoms with Gasteiger partial charge in [0.2, 0.25) is 5.95 Å². The molecule has 2 aromatic heterocycles. The molecule has 36 heavy (non-hydrogen) atoms. The number of piperidine rings is 1. The van der Waals surface area contributed by atoms with Crippen molar-refractivity contribution in [2.45, 2.75) is 18.9 Å². The number of rotatable bonds is 8. The van der Waals surface area contributed by atoms with Crippen molar-refractivity contribution in [3.63, 3.8) is 0 Å². The molecular formula is C23H24N8O4S. The number of hydrogen-bond donors (Lipinski definition) is 3. The predicted octanol–water partition coefficient (Wildman–Crippen LogP) is 2.01. The molecule has 0 bridgehead atoms. The third-order valence-electron chi connectivity index (χ3n) is 5.45. The number of hydrogen-bond acceptors (Lipinski definition) is 11. The first-order valence-corrected chi connectivity index (χ1v) is 12.8. The number of aromatic nitrogens is 3. The molecule has 4 rings (SSSR count). The minimum atomic E-state index is -3.62. The second kappa shape index (κ2) is 10.4. The Morgan fingerprint density at radius 3 is 2.44 bits per heavy atom. The van der Waals surface area contributed by atoms with Gasteiger partial charge in [0.15, 0.2) is 0 Å². The van der Waals surface area contributed by atoms with E-state index >= 15 is 0 Å². The van der Waals surface area contributed by atoms with Crippen molar-refractivity contribution in [1.82, 2.24) is 15.0 Å². The highest BCUT2D eigenvalue weighted by atomic mass is 32.2. The van der Waals surface area contributed by atoms with E-state index in [0.29, 0.717) is 17.1 Å². The summed E-state index contributed by atoms with van der Waals surface area (Å²) in [6.07, 6.45) is 5.43. The number of nitrogens with two attached hydrogens (primary N) is 1. The van der Waals surface area contributed by atoms with E-state index in [1.807, 2.05) is 6.07 Å². The summed E-state index contributed by atoms with van der Waals surface area (Å²) in [5, 5.41) is 15.3. The Kier molecular flexibility index (Phi) is 7.16. The van der Waals surface area contributed by atoms with Gasteiger partial charge < -0.3 is 25.5 Å². The minimum absolute atomic E-state index is 0.0490. The Hall–Kier alpha value is -4.44. The van der Waals surface area contributed by atoms with Gasteiger partial charge in [-0.2, -0.15) is 18.7 Å². The Balaban J connectivity index is 1.42. The molecule has 186 valence electrons. The van der Waals surface area contributed by atoms with E-state index in [4.69, 9.17) is 15.2 Å². The molecule has 1 fully saturated rings. The summed E-state index contributed by atoms with van der Waals surface area (Å²) in [6, 6.07) is 11.9. The molecule has 0 unspecified atom stereocenters. The summed E-state index contributed by atoms with van der Waals surface area (Å²) in [5.74, 6) is 0.903. The van der Waals surface area contributed by atoms with Crippen molar-refractivity contribution in [2.75, 3.05) is 34.9 Å². The van der Waals surface area contributed by atoms with Crippen molar-refractivity contribution >= 4 is 39.3 Å². The average Bonchev–Trinajstić information content (AvgIpc) is 2.85. The van der Waals surface area contributed by atoms with Crippen LogP contribution in [-0.4, -0.2) is 54.7 Å². The van der Waals surface area contributed by atoms with Crippen LogP contribution in [0.2, 0.25) is 0 Å². The highest BCUT2D eigenvalue weighted by Gasteiger charge is 2.22. The van der Waals surface area contributed by atoms with Crippen molar-refractivity contribution in [2.24, 2.45) is 5.73 Å². The Bertz CT molecular complexity index is 1380. The fourth-order valence-corrected chi connectivity index (χ4v) is 4.18. The third kappa shape index (κ3) is 6.36. The SMILES string of the molecule is CS(=O)(=O)Oc1ccc(Nc2ncc(C(N)=O)c(NC3CCN(c4ccc(C#N)cn4)CC3)n2)cc1. The number of nitrogens with zero attached hydrogens (tertiary/aromatic N) is 5. The second-order valence-electron chi connectivity index (χ2n) is 8.18. The lowest BCUT2D eigenvalue weighted by Crippen LogP contribution is -2.40. The van der Waals surface area contributed by atoms with Crippen LogP contribution in [0.25, 0.3) is 0 Å². The van der Waals surface area contributed by atoms with E-state index in [9.17, 15) is 13.2 Å². The van der Waals surface area contributed by atoms with Crippen LogP contribution in [0.4, 0.5) is 23.3 Å². The number of anilines is 4. The molecule has 1 aliphatic rings. The zero-order chi connectivity index (χ0) is 25.7. The summed E-state index contributed by atoms with van der Waals surface area (Å²) in [6.45, 7) is 1.47. The number of primary amides is 1. The van der Waals surface area contributed by atoms with E-state index in [0.717, 1.165) is 38.0 Å². The minimum Gasteiger partial charge on any atom is -0.383 e. The first kappa shape index (κ1) is 24.7. The number of nitriles is 1. The largest absolute Gasteiger partial charge is 0.383 e. The molecule has 1 aromatic carbocycles. The normalized spacial score (nSPS) is 14.1. The van der Waals surface area contributed by atoms with Crippen LogP contribution in [0, 0.1) is 11.3 Å². The van der Waals surface area contributed by atoms with E-state index in [1.165, 1.54) is 18.3 Å². The molecule has 0 saturated carbocycles. The molecule has 0 radical (unpaired) electrons. The maximum absolute atomic E-state index is 12.0. The van der Waals surface area contributed by atoms with Crippen LogP contribution in [0.5, 0.6) is 5.75 Å². The van der Waals surface area contributed by atoms with Crippen LogP contribution in [0.1, 0.15) is 28.8 Å². The summed E-state index contributed by atoms with van der Waals surface area (Å²) >= 11 is 0. The fourth-order valence-electron chi connectivity index (χ4n) is 3.72. The fraction of sp³-hybridized carbons (Fsp3) is 0.261. The maximum atomic E-state index is 12.0. The van der Waals surface area contributed by atoms with Gasteiger partial charge in [0.05, 0.1) is 17.4 Å². The van der Waals surface area contributed by atoms with Crippen LogP contribution in [0.3, 0.4) is 0 Å². The van der Waals surface area contributed by atoms with Crippen molar-refractivity contribution in [1.29, 1.82) is 5.26 Å². The molecule has 4 N–H and O–H groups in total. The first-order valence-electron chi connectivity index (χ1n) is 11.0. The van der Waals surface area contributed by atoms with Gasteiger partial charge in [0, 0.05) is 37.2 Å². The number of nitrogens with one attached hydrogen (secondary N) is 2. The van der Waals surface area contributed by atoms with Gasteiger partial charge in [-0.1, -0.05) is 0 Å². The number of benzene rings is 1. The van der Waals surface area contributed by atoms with Crippen LogP contribution >= 0.6 is 0 Å². The van der Waals surface area contributed by atoms with Gasteiger partial charge in [-0.25, -0.2) is 9.97 Å². The zero-order valence-electron chi connectivity index (χ0n) is 19.4. The van der Waals surface area contributed by atoms with Crippen molar-refractivity contribution in [3.8, 4) is 11.8 Å². The van der Waals surface area contributed by atoms with E-state index in [1.54, 1.807) is 24.4 Å². The average molecular weight is 509 g/mol. The molecule has 0 atom stereocenters. The van der Waals surface area contributed by atoms with Gasteiger partial charge in [0.1, 0.15) is 23.5 Å². The Morgan fingerprint density at radius 2 is 1.86 bits per heavy atom. The van der Waals surface area contributed by atoms with Crippen molar-refractivity contribution in [3.05, 3.63) is 59.9 Å². The standard InChI is InChI=1S/C23H24N8O4S/c1-36(33,34)35-18-5-3-16(4-6-18)29-23-27-14-19(21(25)32)22(30-23)28-17-8-10-31(11-9-17)20-7-2-15(12-24)13-26-20/h2-7,13-14,17H,8-11H2,1H3,(H2,25,32)(H2,27,28,29,30). The quantitative estimate of drug-likeness (QED) is 0.379. The lowest BCUT2D eigenvalue weighted by molar-refractivity contribution is 0.100. The molecule has 3 aromatic rings. The number of carbonyl (C=O) groups excluding carboxylic acids is 1. The monoisotopic (exact) mass is 508 g/mol. The number of amides is 1. The lowest BCUT2D eigenvalue weighted by atomic mass is 10.0. The lowest BCUT2D eigenvalue weighted by Gasteiger charge is -2.33. The summed E-state index contributed by atoms with van der Waals surface area (Å²) in [7, 11) is -3.62. The molecule has 0 spiro atoms. The number of carbonyl (C=O) groups is 1. The van der Waals surface area contributed by atoms with E-state index in [2.05, 4.69) is 36.6 Å². The topological polar surface area (TPSA) is 176 Å². The smallest absolute Gasteiger partial charge is 0.306 e. The molecule has 1 saturated heterocycles. The maximum Gasteiger partial charge on any atom is 0.306 e. The Morgan fingerprint density at radius 1 is 1.14 bits per heavy atom. The van der Waals surface area contributed by atoms with Crippen LogP contribution < -0.4 is 25.5 Å². The van der Waals surface area contributed by atoms with Crippen molar-refractivity contribution < 1.29 is 17.4 Å². The molecule has 0 aliphatic carbocycles. The molecule has 13 heteroatoms. The molecule has 1 amide bonds.